The van der Waals surface area contributed by atoms with Gasteiger partial charge in [0, 0.05) is 18.0 Å². The van der Waals surface area contributed by atoms with Crippen molar-refractivity contribution in [3.63, 3.8) is 0 Å². The molecular weight excluding hydrogens is 193 g/mol. The Kier molecular flexibility index (Phi) is 2.82. The fraction of sp³-hybridized carbons (Fsp3) is 0.417. The zero-order chi connectivity index (χ0) is 10.8. The summed E-state index contributed by atoms with van der Waals surface area (Å²) in [6, 6.07) is 4.39. The van der Waals surface area contributed by atoms with E-state index < -0.39 is 0 Å². The monoisotopic (exact) mass is 207 g/mol. The number of hydrogen-bond donors (Lipinski definition) is 1. The number of Topliss-reactive ketones (excluding diaryl/α,β-unsaturated/α-hetero) is 1. The molecule has 0 amide bonds. The lowest BCUT2D eigenvalue weighted by Crippen LogP contribution is -2.18. The van der Waals surface area contributed by atoms with Gasteiger partial charge in [-0.3, -0.25) is 4.79 Å². The SMILES string of the molecule is Cc1ccc(F)cc1C(=O)C1CCNC1. The van der Waals surface area contributed by atoms with Crippen molar-refractivity contribution in [3.05, 3.63) is 35.1 Å². The smallest absolute Gasteiger partial charge is 0.167 e. The number of halogens is 1. The van der Waals surface area contributed by atoms with E-state index in [-0.39, 0.29) is 17.5 Å². The minimum atomic E-state index is -0.338. The number of nitrogens with one attached hydrogen (secondary N) is 1. The lowest BCUT2D eigenvalue weighted by molar-refractivity contribution is 0.0929. The fourth-order valence-corrected chi connectivity index (χ4v) is 1.96. The van der Waals surface area contributed by atoms with Gasteiger partial charge in [0.1, 0.15) is 5.82 Å². The first-order chi connectivity index (χ1) is 7.18. The maximum absolute atomic E-state index is 13.0. The van der Waals surface area contributed by atoms with Crippen LogP contribution < -0.4 is 5.32 Å². The van der Waals surface area contributed by atoms with Crippen molar-refractivity contribution in [3.8, 4) is 0 Å². The van der Waals surface area contributed by atoms with Crippen LogP contribution in [0.15, 0.2) is 18.2 Å². The van der Waals surface area contributed by atoms with E-state index in [0.717, 1.165) is 25.1 Å². The molecule has 3 heteroatoms. The number of carbonyl (C=O) groups is 1. The highest BCUT2D eigenvalue weighted by Gasteiger charge is 2.24. The molecule has 0 spiro atoms. The number of aryl methyl sites for hydroxylation is 1. The molecule has 1 saturated heterocycles. The van der Waals surface area contributed by atoms with E-state index in [9.17, 15) is 9.18 Å². The fourth-order valence-electron chi connectivity index (χ4n) is 1.96. The summed E-state index contributed by atoms with van der Waals surface area (Å²) < 4.78 is 13.0. The van der Waals surface area contributed by atoms with Crippen LogP contribution in [-0.4, -0.2) is 18.9 Å². The minimum absolute atomic E-state index is 0.0190. The highest BCUT2D eigenvalue weighted by Crippen LogP contribution is 2.19. The normalized spacial score (nSPS) is 20.5. The van der Waals surface area contributed by atoms with Gasteiger partial charge in [-0.05, 0) is 37.6 Å². The maximum Gasteiger partial charge on any atom is 0.167 e. The molecule has 0 radical (unpaired) electrons. The minimum Gasteiger partial charge on any atom is -0.316 e. The van der Waals surface area contributed by atoms with Crippen LogP contribution in [0.1, 0.15) is 22.3 Å². The Morgan fingerprint density at radius 3 is 3.00 bits per heavy atom. The van der Waals surface area contributed by atoms with Crippen molar-refractivity contribution < 1.29 is 9.18 Å². The first-order valence-electron chi connectivity index (χ1n) is 5.19. The summed E-state index contributed by atoms with van der Waals surface area (Å²) in [6.45, 7) is 3.44. The van der Waals surface area contributed by atoms with Crippen LogP contribution in [0.25, 0.3) is 0 Å². The third-order valence-corrected chi connectivity index (χ3v) is 2.90. The quantitative estimate of drug-likeness (QED) is 0.751. The number of carbonyl (C=O) groups excluding carboxylic acids is 1. The third kappa shape index (κ3) is 2.07. The van der Waals surface area contributed by atoms with Gasteiger partial charge in [-0.2, -0.15) is 0 Å². The standard InChI is InChI=1S/C12H14FNO/c1-8-2-3-10(13)6-11(8)12(15)9-4-5-14-7-9/h2-3,6,9,14H,4-5,7H2,1H3. The molecule has 0 aliphatic carbocycles. The molecule has 1 aromatic carbocycles. The van der Waals surface area contributed by atoms with Crippen molar-refractivity contribution in [1.82, 2.24) is 5.32 Å². The van der Waals surface area contributed by atoms with Crippen LogP contribution in [0.5, 0.6) is 0 Å². The highest BCUT2D eigenvalue weighted by atomic mass is 19.1. The van der Waals surface area contributed by atoms with E-state index in [1.54, 1.807) is 6.07 Å². The Morgan fingerprint density at radius 2 is 2.33 bits per heavy atom. The average Bonchev–Trinajstić information content (AvgIpc) is 2.74. The Morgan fingerprint density at radius 1 is 1.53 bits per heavy atom. The van der Waals surface area contributed by atoms with E-state index in [1.165, 1.54) is 12.1 Å². The van der Waals surface area contributed by atoms with Crippen LogP contribution >= 0.6 is 0 Å². The summed E-state index contributed by atoms with van der Waals surface area (Å²) in [4.78, 5) is 12.0. The second-order valence-electron chi connectivity index (χ2n) is 4.01. The van der Waals surface area contributed by atoms with Gasteiger partial charge in [0.15, 0.2) is 5.78 Å². The van der Waals surface area contributed by atoms with E-state index in [0.29, 0.717) is 5.56 Å². The molecule has 1 fully saturated rings. The first kappa shape index (κ1) is 10.3. The summed E-state index contributed by atoms with van der Waals surface area (Å²) in [5.74, 6) is -0.252. The maximum atomic E-state index is 13.0. The summed E-state index contributed by atoms with van der Waals surface area (Å²) in [7, 11) is 0. The van der Waals surface area contributed by atoms with E-state index >= 15 is 0 Å². The Hall–Kier alpha value is -1.22. The number of hydrogen-bond acceptors (Lipinski definition) is 2. The molecule has 1 unspecified atom stereocenters. The van der Waals surface area contributed by atoms with Gasteiger partial charge in [-0.1, -0.05) is 6.07 Å². The van der Waals surface area contributed by atoms with Gasteiger partial charge in [0.2, 0.25) is 0 Å². The molecule has 1 heterocycles. The van der Waals surface area contributed by atoms with Crippen LogP contribution in [0.4, 0.5) is 4.39 Å². The predicted molar refractivity (Wildman–Crippen MR) is 56.4 cm³/mol. The molecule has 1 aromatic rings. The zero-order valence-corrected chi connectivity index (χ0v) is 8.72. The van der Waals surface area contributed by atoms with Gasteiger partial charge in [0.25, 0.3) is 0 Å². The second-order valence-corrected chi connectivity index (χ2v) is 4.01. The van der Waals surface area contributed by atoms with E-state index in [4.69, 9.17) is 0 Å². The molecular formula is C12H14FNO. The molecule has 0 aromatic heterocycles. The molecule has 80 valence electrons. The summed E-state index contributed by atoms with van der Waals surface area (Å²) in [5.41, 5.74) is 1.39. The summed E-state index contributed by atoms with van der Waals surface area (Å²) >= 11 is 0. The number of benzene rings is 1. The highest BCUT2D eigenvalue weighted by molar-refractivity contribution is 5.99. The van der Waals surface area contributed by atoms with Gasteiger partial charge in [-0.25, -0.2) is 4.39 Å². The van der Waals surface area contributed by atoms with Crippen LogP contribution in [-0.2, 0) is 0 Å². The lowest BCUT2D eigenvalue weighted by atomic mass is 9.94. The van der Waals surface area contributed by atoms with Crippen molar-refractivity contribution in [2.24, 2.45) is 5.92 Å². The number of ketones is 1. The zero-order valence-electron chi connectivity index (χ0n) is 8.72. The van der Waals surface area contributed by atoms with Gasteiger partial charge in [0.05, 0.1) is 0 Å². The molecule has 1 aliphatic heterocycles. The van der Waals surface area contributed by atoms with E-state index in [1.807, 2.05) is 6.92 Å². The summed E-state index contributed by atoms with van der Waals surface area (Å²) in [6.07, 6.45) is 0.856. The van der Waals surface area contributed by atoms with Crippen LogP contribution in [0, 0.1) is 18.7 Å². The third-order valence-electron chi connectivity index (χ3n) is 2.90. The lowest BCUT2D eigenvalue weighted by Gasteiger charge is -2.09. The van der Waals surface area contributed by atoms with Gasteiger partial charge >= 0.3 is 0 Å². The predicted octanol–water partition coefficient (Wildman–Crippen LogP) is 1.93. The molecule has 2 rings (SSSR count). The first-order valence-corrected chi connectivity index (χ1v) is 5.19. The molecule has 0 saturated carbocycles. The van der Waals surface area contributed by atoms with Crippen molar-refractivity contribution in [2.75, 3.05) is 13.1 Å². The van der Waals surface area contributed by atoms with Gasteiger partial charge < -0.3 is 5.32 Å². The molecule has 1 N–H and O–H groups in total. The average molecular weight is 207 g/mol. The Labute approximate surface area is 88.5 Å². The molecule has 1 aliphatic rings. The van der Waals surface area contributed by atoms with Gasteiger partial charge in [-0.15, -0.1) is 0 Å². The van der Waals surface area contributed by atoms with E-state index in [2.05, 4.69) is 5.32 Å². The van der Waals surface area contributed by atoms with Crippen molar-refractivity contribution in [2.45, 2.75) is 13.3 Å². The van der Waals surface area contributed by atoms with Crippen molar-refractivity contribution in [1.29, 1.82) is 0 Å². The van der Waals surface area contributed by atoms with Crippen LogP contribution in [0.2, 0.25) is 0 Å². The molecule has 15 heavy (non-hydrogen) atoms. The molecule has 2 nitrogen and oxygen atoms in total. The topological polar surface area (TPSA) is 29.1 Å². The van der Waals surface area contributed by atoms with Crippen LogP contribution in [0.3, 0.4) is 0 Å². The Bertz CT molecular complexity index is 383. The summed E-state index contributed by atoms with van der Waals surface area (Å²) in [5, 5.41) is 3.14. The Balaban J connectivity index is 2.27. The molecule has 1 atom stereocenters. The molecule has 0 bridgehead atoms. The van der Waals surface area contributed by atoms with Crippen molar-refractivity contribution >= 4 is 5.78 Å². The largest absolute Gasteiger partial charge is 0.316 e. The number of rotatable bonds is 2. The second kappa shape index (κ2) is 4.11.